The number of aliphatic carboxylic acids is 1. The first-order chi connectivity index (χ1) is 9.81. The molecule has 4 nitrogen and oxygen atoms in total. The molecule has 0 bridgehead atoms. The van der Waals surface area contributed by atoms with Gasteiger partial charge in [-0.05, 0) is 36.5 Å². The Morgan fingerprint density at radius 3 is 2.14 bits per heavy atom. The van der Waals surface area contributed by atoms with Gasteiger partial charge in [0.2, 0.25) is 0 Å². The number of carbonyl (C=O) groups is 1. The molecule has 1 aromatic rings. The Bertz CT molecular complexity index is 440. The molecular formula is C17H27NO3. The van der Waals surface area contributed by atoms with E-state index in [4.69, 9.17) is 4.74 Å². The van der Waals surface area contributed by atoms with Crippen LogP contribution in [0, 0.1) is 11.8 Å². The lowest BCUT2D eigenvalue weighted by molar-refractivity contribution is -0.140. The number of hydrogen-bond donors (Lipinski definition) is 2. The van der Waals surface area contributed by atoms with Crippen molar-refractivity contribution in [2.45, 2.75) is 46.7 Å². The molecule has 0 aromatic heterocycles. The molecule has 0 aliphatic rings. The van der Waals surface area contributed by atoms with Crippen molar-refractivity contribution in [1.82, 2.24) is 5.32 Å². The van der Waals surface area contributed by atoms with E-state index in [9.17, 15) is 9.90 Å². The summed E-state index contributed by atoms with van der Waals surface area (Å²) in [7, 11) is 0. The summed E-state index contributed by atoms with van der Waals surface area (Å²) in [6.45, 7) is 10.7. The monoisotopic (exact) mass is 293 g/mol. The third kappa shape index (κ3) is 5.76. The molecule has 4 heteroatoms. The lowest BCUT2D eigenvalue weighted by Crippen LogP contribution is -2.42. The fourth-order valence-electron chi connectivity index (χ4n) is 2.03. The van der Waals surface area contributed by atoms with Crippen LogP contribution in [-0.2, 0) is 4.79 Å². The van der Waals surface area contributed by atoms with E-state index in [1.807, 2.05) is 45.0 Å². The lowest BCUT2D eigenvalue weighted by atomic mass is 10.0. The highest BCUT2D eigenvalue weighted by Gasteiger charge is 2.23. The molecule has 0 radical (unpaired) electrons. The van der Waals surface area contributed by atoms with Crippen LogP contribution in [0.25, 0.3) is 0 Å². The molecular weight excluding hydrogens is 266 g/mol. The molecule has 2 unspecified atom stereocenters. The molecule has 2 N–H and O–H groups in total. The fourth-order valence-corrected chi connectivity index (χ4v) is 2.03. The van der Waals surface area contributed by atoms with E-state index in [2.05, 4.69) is 19.2 Å². The van der Waals surface area contributed by atoms with E-state index >= 15 is 0 Å². The van der Waals surface area contributed by atoms with Gasteiger partial charge in [0.25, 0.3) is 0 Å². The summed E-state index contributed by atoms with van der Waals surface area (Å²) in [6.07, 6.45) is 0. The summed E-state index contributed by atoms with van der Waals surface area (Å²) < 4.78 is 5.65. The zero-order chi connectivity index (χ0) is 16.0. The molecule has 0 fully saturated rings. The average Bonchev–Trinajstić information content (AvgIpc) is 2.42. The molecule has 0 aliphatic carbocycles. The minimum atomic E-state index is -0.811. The van der Waals surface area contributed by atoms with E-state index < -0.39 is 12.0 Å². The van der Waals surface area contributed by atoms with Crippen molar-refractivity contribution >= 4 is 5.97 Å². The zero-order valence-electron chi connectivity index (χ0n) is 13.6. The maximum absolute atomic E-state index is 11.2. The zero-order valence-corrected chi connectivity index (χ0v) is 13.6. The van der Waals surface area contributed by atoms with Crippen LogP contribution in [0.15, 0.2) is 24.3 Å². The van der Waals surface area contributed by atoms with Gasteiger partial charge in [-0.25, -0.2) is 0 Å². The normalized spacial score (nSPS) is 14.2. The van der Waals surface area contributed by atoms with Crippen LogP contribution in [-0.4, -0.2) is 23.7 Å². The molecule has 1 aromatic carbocycles. The van der Waals surface area contributed by atoms with E-state index in [-0.39, 0.29) is 12.0 Å². The fraction of sp³-hybridized carbons (Fsp3) is 0.588. The molecule has 0 saturated carbocycles. The summed E-state index contributed by atoms with van der Waals surface area (Å²) in [5.74, 6) is 0.568. The number of benzene rings is 1. The predicted molar refractivity (Wildman–Crippen MR) is 84.6 cm³/mol. The van der Waals surface area contributed by atoms with Crippen molar-refractivity contribution in [3.05, 3.63) is 29.8 Å². The largest absolute Gasteiger partial charge is 0.493 e. The lowest BCUT2D eigenvalue weighted by Gasteiger charge is -2.23. The molecule has 118 valence electrons. The van der Waals surface area contributed by atoms with Gasteiger partial charge in [-0.1, -0.05) is 39.8 Å². The molecule has 0 spiro atoms. The van der Waals surface area contributed by atoms with Crippen molar-refractivity contribution in [3.8, 4) is 5.75 Å². The van der Waals surface area contributed by atoms with Gasteiger partial charge in [-0.2, -0.15) is 0 Å². The van der Waals surface area contributed by atoms with Crippen LogP contribution in [0.1, 0.15) is 46.2 Å². The molecule has 0 heterocycles. The topological polar surface area (TPSA) is 58.6 Å². The van der Waals surface area contributed by atoms with E-state index in [0.29, 0.717) is 12.5 Å². The summed E-state index contributed by atoms with van der Waals surface area (Å²) in [6, 6.07) is 7.26. The van der Waals surface area contributed by atoms with Gasteiger partial charge in [-0.3, -0.25) is 10.1 Å². The second-order valence-corrected chi connectivity index (χ2v) is 6.22. The standard InChI is InChI=1S/C17H27NO3/c1-11(2)10-21-15-8-6-14(7-9-15)13(5)18-16(12(3)4)17(19)20/h6-9,11-13,16,18H,10H2,1-5H3,(H,19,20). The van der Waals surface area contributed by atoms with Gasteiger partial charge in [0.1, 0.15) is 11.8 Å². The van der Waals surface area contributed by atoms with Crippen molar-refractivity contribution in [1.29, 1.82) is 0 Å². The molecule has 0 aliphatic heterocycles. The van der Waals surface area contributed by atoms with Gasteiger partial charge in [0.05, 0.1) is 6.61 Å². The van der Waals surface area contributed by atoms with Crippen LogP contribution in [0.2, 0.25) is 0 Å². The van der Waals surface area contributed by atoms with Crippen molar-refractivity contribution in [2.24, 2.45) is 11.8 Å². The number of hydrogen-bond acceptors (Lipinski definition) is 3. The Hall–Kier alpha value is -1.55. The van der Waals surface area contributed by atoms with Gasteiger partial charge in [-0.15, -0.1) is 0 Å². The highest BCUT2D eigenvalue weighted by molar-refractivity contribution is 5.73. The Morgan fingerprint density at radius 1 is 1.14 bits per heavy atom. The van der Waals surface area contributed by atoms with E-state index in [0.717, 1.165) is 11.3 Å². The number of carboxylic acid groups (broad SMARTS) is 1. The van der Waals surface area contributed by atoms with Crippen LogP contribution in [0.5, 0.6) is 5.75 Å². The van der Waals surface area contributed by atoms with Crippen LogP contribution in [0.3, 0.4) is 0 Å². The highest BCUT2D eigenvalue weighted by Crippen LogP contribution is 2.19. The molecule has 2 atom stereocenters. The minimum absolute atomic E-state index is 0.0207. The van der Waals surface area contributed by atoms with Gasteiger partial charge >= 0.3 is 5.97 Å². The Kier molecular flexibility index (Phi) is 6.69. The van der Waals surface area contributed by atoms with Crippen LogP contribution in [0.4, 0.5) is 0 Å². The van der Waals surface area contributed by atoms with Gasteiger partial charge in [0.15, 0.2) is 0 Å². The first kappa shape index (κ1) is 17.5. The summed E-state index contributed by atoms with van der Waals surface area (Å²) >= 11 is 0. The number of rotatable bonds is 8. The summed E-state index contributed by atoms with van der Waals surface area (Å²) in [4.78, 5) is 11.2. The van der Waals surface area contributed by atoms with Crippen molar-refractivity contribution in [2.75, 3.05) is 6.61 Å². The van der Waals surface area contributed by atoms with Gasteiger partial charge in [0, 0.05) is 6.04 Å². The first-order valence-corrected chi connectivity index (χ1v) is 7.52. The smallest absolute Gasteiger partial charge is 0.320 e. The van der Waals surface area contributed by atoms with Crippen molar-refractivity contribution in [3.63, 3.8) is 0 Å². The van der Waals surface area contributed by atoms with Crippen LogP contribution >= 0.6 is 0 Å². The number of carboxylic acids is 1. The summed E-state index contributed by atoms with van der Waals surface area (Å²) in [5.41, 5.74) is 1.05. The summed E-state index contributed by atoms with van der Waals surface area (Å²) in [5, 5.41) is 12.4. The van der Waals surface area contributed by atoms with E-state index in [1.54, 1.807) is 0 Å². The van der Waals surface area contributed by atoms with Gasteiger partial charge < -0.3 is 9.84 Å². The Balaban J connectivity index is 2.66. The maximum Gasteiger partial charge on any atom is 0.320 e. The number of nitrogens with one attached hydrogen (secondary N) is 1. The quantitative estimate of drug-likeness (QED) is 0.770. The minimum Gasteiger partial charge on any atom is -0.493 e. The molecule has 21 heavy (non-hydrogen) atoms. The molecule has 0 amide bonds. The molecule has 0 saturated heterocycles. The second-order valence-electron chi connectivity index (χ2n) is 6.22. The average molecular weight is 293 g/mol. The van der Waals surface area contributed by atoms with Crippen molar-refractivity contribution < 1.29 is 14.6 Å². The molecule has 1 rings (SSSR count). The first-order valence-electron chi connectivity index (χ1n) is 7.52. The van der Waals surface area contributed by atoms with E-state index in [1.165, 1.54) is 0 Å². The third-order valence-corrected chi connectivity index (χ3v) is 3.33. The predicted octanol–water partition coefficient (Wildman–Crippen LogP) is 3.48. The SMILES string of the molecule is CC(C)COc1ccc(C(C)NC(C(=O)O)C(C)C)cc1. The maximum atomic E-state index is 11.2. The number of ether oxygens (including phenoxy) is 1. The Labute approximate surface area is 127 Å². The van der Waals surface area contributed by atoms with Crippen LogP contribution < -0.4 is 10.1 Å². The third-order valence-electron chi connectivity index (χ3n) is 3.33. The Morgan fingerprint density at radius 2 is 1.71 bits per heavy atom. The highest BCUT2D eigenvalue weighted by atomic mass is 16.5. The second kappa shape index (κ2) is 8.03.